The Morgan fingerprint density at radius 1 is 0.885 bits per heavy atom. The Morgan fingerprint density at radius 2 is 1.58 bits per heavy atom. The number of anilines is 1. The number of rotatable bonds is 3. The topological polar surface area (TPSA) is 32.7 Å². The molecule has 0 saturated carbocycles. The molecule has 1 amide bonds. The largest absolute Gasteiger partial charge is 0.306 e. The summed E-state index contributed by atoms with van der Waals surface area (Å²) in [6.45, 7) is 0.516. The van der Waals surface area contributed by atoms with Crippen molar-refractivity contribution in [2.45, 2.75) is 13.0 Å². The molecular weight excluding hydrogens is 344 g/mol. The monoisotopic (exact) mass is 360 g/mol. The Balaban J connectivity index is 1.77. The Morgan fingerprint density at radius 3 is 2.38 bits per heavy atom. The number of benzene rings is 3. The Hall–Kier alpha value is -2.91. The minimum atomic E-state index is 0.0115. The molecule has 4 heteroatoms. The molecule has 0 aliphatic carbocycles. The Kier molecular flexibility index (Phi) is 4.55. The molecule has 0 aromatic heterocycles. The van der Waals surface area contributed by atoms with E-state index in [2.05, 4.69) is 0 Å². The van der Waals surface area contributed by atoms with Gasteiger partial charge in [0.15, 0.2) is 0 Å². The highest BCUT2D eigenvalue weighted by molar-refractivity contribution is 6.35. The number of amides is 1. The molecule has 0 spiro atoms. The third kappa shape index (κ3) is 3.26. The molecule has 3 aromatic rings. The Bertz CT molecular complexity index is 982. The second-order valence-corrected chi connectivity index (χ2v) is 6.58. The van der Waals surface area contributed by atoms with Crippen LogP contribution in [0.3, 0.4) is 0 Å². The van der Waals surface area contributed by atoms with E-state index < -0.39 is 0 Å². The highest BCUT2D eigenvalue weighted by Gasteiger charge is 2.25. The lowest BCUT2D eigenvalue weighted by atomic mass is 10.1. The number of hydrogen-bond donors (Lipinski definition) is 0. The molecule has 3 nitrogen and oxygen atoms in total. The van der Waals surface area contributed by atoms with E-state index in [-0.39, 0.29) is 12.3 Å². The number of para-hydroxylation sites is 2. The van der Waals surface area contributed by atoms with Gasteiger partial charge in [-0.1, -0.05) is 72.3 Å². The molecule has 0 saturated heterocycles. The quantitative estimate of drug-likeness (QED) is 0.615. The van der Waals surface area contributed by atoms with Crippen molar-refractivity contribution in [3.05, 3.63) is 95.0 Å². The van der Waals surface area contributed by atoms with E-state index >= 15 is 0 Å². The SMILES string of the molecule is O=C1CC(c2ccccc2Cl)=Nc2ccccc2N1Cc1ccccc1. The maximum Gasteiger partial charge on any atom is 0.233 e. The summed E-state index contributed by atoms with van der Waals surface area (Å²) in [4.78, 5) is 19.7. The van der Waals surface area contributed by atoms with Gasteiger partial charge in [0, 0.05) is 10.6 Å². The summed E-state index contributed by atoms with van der Waals surface area (Å²) in [7, 11) is 0. The summed E-state index contributed by atoms with van der Waals surface area (Å²) >= 11 is 6.35. The van der Waals surface area contributed by atoms with Gasteiger partial charge in [-0.25, -0.2) is 0 Å². The standard InChI is InChI=1S/C22H17ClN2O/c23-18-11-5-4-10-17(18)20-14-22(26)25(15-16-8-2-1-3-9-16)21-13-7-6-12-19(21)24-20/h1-13H,14-15H2. The fraction of sp³-hybridized carbons (Fsp3) is 0.0909. The van der Waals surface area contributed by atoms with Crippen LogP contribution in [0.4, 0.5) is 11.4 Å². The fourth-order valence-corrected chi connectivity index (χ4v) is 3.38. The van der Waals surface area contributed by atoms with Gasteiger partial charge in [-0.2, -0.15) is 0 Å². The first-order chi connectivity index (χ1) is 12.7. The normalized spacial score (nSPS) is 13.8. The lowest BCUT2D eigenvalue weighted by Crippen LogP contribution is -2.31. The molecule has 26 heavy (non-hydrogen) atoms. The summed E-state index contributed by atoms with van der Waals surface area (Å²) in [6, 6.07) is 25.2. The molecule has 0 atom stereocenters. The molecule has 3 aromatic carbocycles. The lowest BCUT2D eigenvalue weighted by molar-refractivity contribution is -0.117. The van der Waals surface area contributed by atoms with Crippen molar-refractivity contribution in [2.24, 2.45) is 4.99 Å². The number of fused-ring (bicyclic) bond motifs is 1. The lowest BCUT2D eigenvalue weighted by Gasteiger charge is -2.22. The predicted octanol–water partition coefficient (Wildman–Crippen LogP) is 5.40. The third-order valence-electron chi connectivity index (χ3n) is 4.42. The number of halogens is 1. The number of aliphatic imine (C=N–C) groups is 1. The zero-order valence-electron chi connectivity index (χ0n) is 14.1. The predicted molar refractivity (Wildman–Crippen MR) is 106 cm³/mol. The van der Waals surface area contributed by atoms with Gasteiger partial charge in [0.05, 0.1) is 30.1 Å². The van der Waals surface area contributed by atoms with Crippen molar-refractivity contribution < 1.29 is 4.79 Å². The van der Waals surface area contributed by atoms with E-state index in [9.17, 15) is 4.79 Å². The van der Waals surface area contributed by atoms with E-state index in [1.165, 1.54) is 0 Å². The van der Waals surface area contributed by atoms with E-state index in [1.54, 1.807) is 4.90 Å². The molecule has 0 bridgehead atoms. The van der Waals surface area contributed by atoms with Crippen LogP contribution < -0.4 is 4.90 Å². The number of nitrogens with zero attached hydrogens (tertiary/aromatic N) is 2. The maximum absolute atomic E-state index is 13.1. The van der Waals surface area contributed by atoms with Crippen LogP contribution in [0.5, 0.6) is 0 Å². The van der Waals surface area contributed by atoms with Gasteiger partial charge in [-0.3, -0.25) is 9.79 Å². The van der Waals surface area contributed by atoms with Gasteiger partial charge in [0.1, 0.15) is 0 Å². The summed E-state index contributed by atoms with van der Waals surface area (Å²) < 4.78 is 0. The van der Waals surface area contributed by atoms with Crippen LogP contribution in [-0.2, 0) is 11.3 Å². The van der Waals surface area contributed by atoms with Gasteiger partial charge in [-0.05, 0) is 23.8 Å². The van der Waals surface area contributed by atoms with E-state index in [0.29, 0.717) is 17.3 Å². The Labute approximate surface area is 157 Å². The molecule has 0 unspecified atom stereocenters. The zero-order chi connectivity index (χ0) is 17.9. The van der Waals surface area contributed by atoms with Crippen LogP contribution in [0.2, 0.25) is 5.02 Å². The average molecular weight is 361 g/mol. The molecule has 0 radical (unpaired) electrons. The van der Waals surface area contributed by atoms with Crippen molar-refractivity contribution in [1.82, 2.24) is 0 Å². The average Bonchev–Trinajstić information content (AvgIpc) is 2.80. The summed E-state index contributed by atoms with van der Waals surface area (Å²) in [5.74, 6) is 0.0115. The molecule has 1 aliphatic rings. The van der Waals surface area contributed by atoms with Gasteiger partial charge in [-0.15, -0.1) is 0 Å². The van der Waals surface area contributed by atoms with Gasteiger partial charge in [0.25, 0.3) is 0 Å². The third-order valence-corrected chi connectivity index (χ3v) is 4.75. The van der Waals surface area contributed by atoms with E-state index in [0.717, 1.165) is 22.5 Å². The van der Waals surface area contributed by atoms with Crippen LogP contribution in [0, 0.1) is 0 Å². The molecular formula is C22H17ClN2O. The number of carbonyl (C=O) groups is 1. The number of hydrogen-bond acceptors (Lipinski definition) is 2. The summed E-state index contributed by atoms with van der Waals surface area (Å²) in [5, 5.41) is 0.605. The van der Waals surface area contributed by atoms with Crippen LogP contribution in [-0.4, -0.2) is 11.6 Å². The summed E-state index contributed by atoms with van der Waals surface area (Å²) in [5.41, 5.74) is 4.19. The number of carbonyl (C=O) groups excluding carboxylic acids is 1. The second-order valence-electron chi connectivity index (χ2n) is 6.17. The zero-order valence-corrected chi connectivity index (χ0v) is 14.9. The van der Waals surface area contributed by atoms with E-state index in [4.69, 9.17) is 16.6 Å². The summed E-state index contributed by atoms with van der Waals surface area (Å²) in [6.07, 6.45) is 0.214. The highest BCUT2D eigenvalue weighted by Crippen LogP contribution is 2.34. The smallest absolute Gasteiger partial charge is 0.233 e. The van der Waals surface area contributed by atoms with Gasteiger partial charge < -0.3 is 4.90 Å². The first-order valence-electron chi connectivity index (χ1n) is 8.48. The van der Waals surface area contributed by atoms with Crippen LogP contribution >= 0.6 is 11.6 Å². The van der Waals surface area contributed by atoms with Crippen molar-refractivity contribution in [1.29, 1.82) is 0 Å². The first kappa shape index (κ1) is 16.6. The molecule has 1 heterocycles. The minimum absolute atomic E-state index is 0.0115. The van der Waals surface area contributed by atoms with Crippen molar-refractivity contribution in [3.8, 4) is 0 Å². The second kappa shape index (κ2) is 7.14. The van der Waals surface area contributed by atoms with Gasteiger partial charge in [0.2, 0.25) is 5.91 Å². The molecule has 0 fully saturated rings. The molecule has 128 valence electrons. The van der Waals surface area contributed by atoms with Gasteiger partial charge >= 0.3 is 0 Å². The van der Waals surface area contributed by atoms with Crippen molar-refractivity contribution >= 4 is 34.6 Å². The van der Waals surface area contributed by atoms with E-state index in [1.807, 2.05) is 78.9 Å². The van der Waals surface area contributed by atoms with Crippen LogP contribution in [0.25, 0.3) is 0 Å². The highest BCUT2D eigenvalue weighted by atomic mass is 35.5. The van der Waals surface area contributed by atoms with Crippen molar-refractivity contribution in [3.63, 3.8) is 0 Å². The maximum atomic E-state index is 13.1. The fourth-order valence-electron chi connectivity index (χ4n) is 3.13. The first-order valence-corrected chi connectivity index (χ1v) is 8.86. The molecule has 4 rings (SSSR count). The minimum Gasteiger partial charge on any atom is -0.306 e. The molecule has 1 aliphatic heterocycles. The van der Waals surface area contributed by atoms with Crippen LogP contribution in [0.1, 0.15) is 17.5 Å². The van der Waals surface area contributed by atoms with Crippen molar-refractivity contribution in [2.75, 3.05) is 4.90 Å². The molecule has 0 N–H and O–H groups in total. The van der Waals surface area contributed by atoms with Crippen LogP contribution in [0.15, 0.2) is 83.9 Å².